The first-order valence-corrected chi connectivity index (χ1v) is 6.51. The topological polar surface area (TPSA) is 51.8 Å². The second-order valence-electron chi connectivity index (χ2n) is 4.60. The van der Waals surface area contributed by atoms with Gasteiger partial charge in [-0.15, -0.1) is 0 Å². The van der Waals surface area contributed by atoms with Gasteiger partial charge >= 0.3 is 0 Å². The molecule has 0 aliphatic carbocycles. The Morgan fingerprint density at radius 3 is 2.32 bits per heavy atom. The van der Waals surface area contributed by atoms with Gasteiger partial charge in [0.25, 0.3) is 0 Å². The monoisotopic (exact) mass is 266 g/mol. The van der Waals surface area contributed by atoms with E-state index in [1.165, 1.54) is 6.42 Å². The van der Waals surface area contributed by atoms with Crippen molar-refractivity contribution in [3.05, 3.63) is 17.7 Å². The molecule has 1 aliphatic heterocycles. The lowest BCUT2D eigenvalue weighted by Crippen LogP contribution is -2.30. The van der Waals surface area contributed by atoms with E-state index in [-0.39, 0.29) is 0 Å². The van der Waals surface area contributed by atoms with Gasteiger partial charge in [0, 0.05) is 19.1 Å². The zero-order chi connectivity index (χ0) is 13.7. The second-order valence-corrected chi connectivity index (χ2v) is 4.60. The summed E-state index contributed by atoms with van der Waals surface area (Å²) in [5.74, 6) is 2.03. The predicted molar refractivity (Wildman–Crippen MR) is 74.2 cm³/mol. The quantitative estimate of drug-likeness (QED) is 0.809. The maximum atomic E-state index is 5.35. The maximum Gasteiger partial charge on any atom is 0.203 e. The molecule has 1 fully saturated rings. The molecule has 1 aliphatic rings. The molecule has 1 heterocycles. The molecule has 1 aromatic rings. The predicted octanol–water partition coefficient (Wildman–Crippen LogP) is 1.16. The first-order chi connectivity index (χ1) is 9.28. The lowest BCUT2D eigenvalue weighted by molar-refractivity contribution is 0.323. The standard InChI is InChI=1S/C14H22N2O3/c1-17-12-6-10(7-13(18-2)14(12)19-3)8-16-11-4-5-15-9-11/h6-7,11,15-16H,4-5,8-9H2,1-3H3. The van der Waals surface area contributed by atoms with Crippen molar-refractivity contribution < 1.29 is 14.2 Å². The van der Waals surface area contributed by atoms with Crippen molar-refractivity contribution in [3.63, 3.8) is 0 Å². The highest BCUT2D eigenvalue weighted by molar-refractivity contribution is 5.53. The molecule has 0 saturated carbocycles. The Morgan fingerprint density at radius 2 is 1.84 bits per heavy atom. The van der Waals surface area contributed by atoms with Crippen LogP contribution in [0, 0.1) is 0 Å². The fraction of sp³-hybridized carbons (Fsp3) is 0.571. The van der Waals surface area contributed by atoms with Gasteiger partial charge in [0.2, 0.25) is 5.75 Å². The Kier molecular flexibility index (Phi) is 4.87. The van der Waals surface area contributed by atoms with Crippen LogP contribution in [0.1, 0.15) is 12.0 Å². The van der Waals surface area contributed by atoms with Gasteiger partial charge in [-0.1, -0.05) is 0 Å². The third-order valence-electron chi connectivity index (χ3n) is 3.38. The number of nitrogens with one attached hydrogen (secondary N) is 2. The van der Waals surface area contributed by atoms with Crippen LogP contribution in [0.4, 0.5) is 0 Å². The summed E-state index contributed by atoms with van der Waals surface area (Å²) in [6.07, 6.45) is 1.17. The summed E-state index contributed by atoms with van der Waals surface area (Å²) in [5.41, 5.74) is 1.13. The zero-order valence-electron chi connectivity index (χ0n) is 11.8. The largest absolute Gasteiger partial charge is 0.493 e. The van der Waals surface area contributed by atoms with E-state index in [1.807, 2.05) is 12.1 Å². The van der Waals surface area contributed by atoms with Gasteiger partial charge in [-0.2, -0.15) is 0 Å². The van der Waals surface area contributed by atoms with Crippen molar-refractivity contribution in [1.82, 2.24) is 10.6 Å². The average Bonchev–Trinajstić information content (AvgIpc) is 2.97. The van der Waals surface area contributed by atoms with Crippen molar-refractivity contribution in [1.29, 1.82) is 0 Å². The third-order valence-corrected chi connectivity index (χ3v) is 3.38. The van der Waals surface area contributed by atoms with E-state index in [1.54, 1.807) is 21.3 Å². The Bertz CT molecular complexity index is 392. The highest BCUT2D eigenvalue weighted by Crippen LogP contribution is 2.38. The van der Waals surface area contributed by atoms with Crippen molar-refractivity contribution in [2.45, 2.75) is 19.0 Å². The minimum absolute atomic E-state index is 0.541. The summed E-state index contributed by atoms with van der Waals surface area (Å²) in [6.45, 7) is 2.92. The fourth-order valence-corrected chi connectivity index (χ4v) is 2.33. The molecule has 0 radical (unpaired) electrons. The minimum Gasteiger partial charge on any atom is -0.493 e. The first kappa shape index (κ1) is 14.0. The van der Waals surface area contributed by atoms with Crippen LogP contribution in [0.2, 0.25) is 0 Å². The van der Waals surface area contributed by atoms with Gasteiger partial charge in [-0.3, -0.25) is 0 Å². The van der Waals surface area contributed by atoms with Gasteiger partial charge in [0.15, 0.2) is 11.5 Å². The van der Waals surface area contributed by atoms with Crippen LogP contribution in [0.15, 0.2) is 12.1 Å². The second kappa shape index (κ2) is 6.63. The highest BCUT2D eigenvalue weighted by atomic mass is 16.5. The normalized spacial score (nSPS) is 18.4. The van der Waals surface area contributed by atoms with Gasteiger partial charge < -0.3 is 24.8 Å². The molecular weight excluding hydrogens is 244 g/mol. The Balaban J connectivity index is 2.11. The molecule has 2 rings (SSSR count). The molecule has 1 aromatic carbocycles. The molecule has 2 N–H and O–H groups in total. The molecule has 0 spiro atoms. The van der Waals surface area contributed by atoms with Crippen LogP contribution >= 0.6 is 0 Å². The number of ether oxygens (including phenoxy) is 3. The molecule has 5 nitrogen and oxygen atoms in total. The van der Waals surface area contributed by atoms with E-state index in [0.29, 0.717) is 23.3 Å². The minimum atomic E-state index is 0.541. The van der Waals surface area contributed by atoms with Crippen molar-refractivity contribution in [2.75, 3.05) is 34.4 Å². The molecule has 1 atom stereocenters. The Morgan fingerprint density at radius 1 is 1.16 bits per heavy atom. The van der Waals surface area contributed by atoms with Crippen LogP contribution in [-0.2, 0) is 6.54 Å². The Hall–Kier alpha value is -1.46. The van der Waals surface area contributed by atoms with E-state index in [4.69, 9.17) is 14.2 Å². The van der Waals surface area contributed by atoms with Crippen LogP contribution in [0.25, 0.3) is 0 Å². The average molecular weight is 266 g/mol. The summed E-state index contributed by atoms with van der Waals surface area (Å²) in [4.78, 5) is 0. The Labute approximate surface area is 114 Å². The number of methoxy groups -OCH3 is 3. The summed E-state index contributed by atoms with van der Waals surface area (Å²) >= 11 is 0. The SMILES string of the molecule is COc1cc(CNC2CCNC2)cc(OC)c1OC. The molecule has 106 valence electrons. The van der Waals surface area contributed by atoms with Crippen LogP contribution in [0.5, 0.6) is 17.2 Å². The van der Waals surface area contributed by atoms with E-state index >= 15 is 0 Å². The molecular formula is C14H22N2O3. The molecule has 1 saturated heterocycles. The van der Waals surface area contributed by atoms with E-state index in [2.05, 4.69) is 10.6 Å². The van der Waals surface area contributed by atoms with Gasteiger partial charge in [-0.25, -0.2) is 0 Å². The van der Waals surface area contributed by atoms with Crippen molar-refractivity contribution in [3.8, 4) is 17.2 Å². The molecule has 1 unspecified atom stereocenters. The van der Waals surface area contributed by atoms with E-state index in [9.17, 15) is 0 Å². The number of hydrogen-bond donors (Lipinski definition) is 2. The van der Waals surface area contributed by atoms with Crippen LogP contribution < -0.4 is 24.8 Å². The van der Waals surface area contributed by atoms with Gasteiger partial charge in [0.1, 0.15) is 0 Å². The lowest BCUT2D eigenvalue weighted by Gasteiger charge is -2.16. The molecule has 0 aromatic heterocycles. The fourth-order valence-electron chi connectivity index (χ4n) is 2.33. The zero-order valence-corrected chi connectivity index (χ0v) is 11.8. The molecule has 19 heavy (non-hydrogen) atoms. The molecule has 5 heteroatoms. The summed E-state index contributed by atoms with van der Waals surface area (Å²) in [6, 6.07) is 4.51. The van der Waals surface area contributed by atoms with Gasteiger partial charge in [0.05, 0.1) is 21.3 Å². The van der Waals surface area contributed by atoms with Crippen LogP contribution in [-0.4, -0.2) is 40.5 Å². The third kappa shape index (κ3) is 3.30. The van der Waals surface area contributed by atoms with E-state index < -0.39 is 0 Å². The van der Waals surface area contributed by atoms with E-state index in [0.717, 1.165) is 25.2 Å². The number of hydrogen-bond acceptors (Lipinski definition) is 5. The smallest absolute Gasteiger partial charge is 0.203 e. The molecule has 0 amide bonds. The lowest BCUT2D eigenvalue weighted by atomic mass is 10.1. The highest BCUT2D eigenvalue weighted by Gasteiger charge is 2.16. The van der Waals surface area contributed by atoms with Crippen LogP contribution in [0.3, 0.4) is 0 Å². The molecule has 0 bridgehead atoms. The van der Waals surface area contributed by atoms with Crippen molar-refractivity contribution >= 4 is 0 Å². The summed E-state index contributed by atoms with van der Waals surface area (Å²) < 4.78 is 16.0. The van der Waals surface area contributed by atoms with Gasteiger partial charge in [-0.05, 0) is 30.7 Å². The first-order valence-electron chi connectivity index (χ1n) is 6.51. The summed E-state index contributed by atoms with van der Waals surface area (Å²) in [7, 11) is 4.88. The van der Waals surface area contributed by atoms with Crippen molar-refractivity contribution in [2.24, 2.45) is 0 Å². The maximum absolute atomic E-state index is 5.35. The summed E-state index contributed by atoms with van der Waals surface area (Å²) in [5, 5.41) is 6.86. The number of rotatable bonds is 6. The number of benzene rings is 1.